The Bertz CT molecular complexity index is 608. The first-order chi connectivity index (χ1) is 9.28. The molecule has 1 saturated carbocycles. The summed E-state index contributed by atoms with van der Waals surface area (Å²) in [6, 6.07) is 7.96. The maximum Gasteiger partial charge on any atom is 0.235 e. The van der Waals surface area contributed by atoms with Gasteiger partial charge in [-0.1, -0.05) is 28.1 Å². The molecule has 1 aromatic heterocycles. The van der Waals surface area contributed by atoms with Gasteiger partial charge in [-0.25, -0.2) is 4.68 Å². The van der Waals surface area contributed by atoms with E-state index in [0.29, 0.717) is 6.04 Å². The fourth-order valence-electron chi connectivity index (χ4n) is 1.88. The van der Waals surface area contributed by atoms with Crippen molar-refractivity contribution in [3.05, 3.63) is 24.3 Å². The SMILES string of the molecule is O=C(CBr)Nc1cccc(-c2nnnn2C2CC2)c1. The fraction of sp³-hybridized carbons (Fsp3) is 0.333. The molecule has 1 heterocycles. The predicted octanol–water partition coefficient (Wildman–Crippen LogP) is 2.01. The molecule has 0 saturated heterocycles. The van der Waals surface area contributed by atoms with Gasteiger partial charge in [0.15, 0.2) is 5.82 Å². The molecule has 1 aliphatic carbocycles. The summed E-state index contributed by atoms with van der Waals surface area (Å²) >= 11 is 3.12. The van der Waals surface area contributed by atoms with Crippen molar-refractivity contribution in [2.75, 3.05) is 10.6 Å². The number of tetrazole rings is 1. The Hall–Kier alpha value is -1.76. The van der Waals surface area contributed by atoms with Crippen LogP contribution in [-0.2, 0) is 4.79 Å². The number of hydrogen-bond donors (Lipinski definition) is 1. The van der Waals surface area contributed by atoms with E-state index < -0.39 is 0 Å². The highest BCUT2D eigenvalue weighted by Gasteiger charge is 2.28. The number of benzene rings is 1. The Labute approximate surface area is 118 Å². The zero-order chi connectivity index (χ0) is 13.2. The van der Waals surface area contributed by atoms with Gasteiger partial charge in [-0.05, 0) is 35.4 Å². The summed E-state index contributed by atoms with van der Waals surface area (Å²) in [6.07, 6.45) is 2.25. The van der Waals surface area contributed by atoms with E-state index in [2.05, 4.69) is 36.8 Å². The first-order valence-corrected chi connectivity index (χ1v) is 7.14. The lowest BCUT2D eigenvalue weighted by Crippen LogP contribution is -2.12. The van der Waals surface area contributed by atoms with Crippen molar-refractivity contribution >= 4 is 27.5 Å². The zero-order valence-corrected chi connectivity index (χ0v) is 11.7. The number of alkyl halides is 1. The largest absolute Gasteiger partial charge is 0.325 e. The molecule has 19 heavy (non-hydrogen) atoms. The first kappa shape index (κ1) is 12.3. The van der Waals surface area contributed by atoms with Gasteiger partial charge in [0.05, 0.1) is 11.4 Å². The highest BCUT2D eigenvalue weighted by atomic mass is 79.9. The van der Waals surface area contributed by atoms with Crippen molar-refractivity contribution in [2.24, 2.45) is 0 Å². The average molecular weight is 322 g/mol. The van der Waals surface area contributed by atoms with Gasteiger partial charge in [0.25, 0.3) is 0 Å². The lowest BCUT2D eigenvalue weighted by molar-refractivity contribution is -0.113. The van der Waals surface area contributed by atoms with Gasteiger partial charge in [-0.3, -0.25) is 4.79 Å². The summed E-state index contributed by atoms with van der Waals surface area (Å²) < 4.78 is 1.85. The summed E-state index contributed by atoms with van der Waals surface area (Å²) in [7, 11) is 0. The number of nitrogens with zero attached hydrogens (tertiary/aromatic N) is 4. The molecule has 0 aliphatic heterocycles. The van der Waals surface area contributed by atoms with Crippen molar-refractivity contribution in [1.29, 1.82) is 0 Å². The van der Waals surface area contributed by atoms with Crippen LogP contribution in [0.2, 0.25) is 0 Å². The quantitative estimate of drug-likeness (QED) is 0.874. The van der Waals surface area contributed by atoms with Crippen LogP contribution in [0.5, 0.6) is 0 Å². The molecular weight excluding hydrogens is 310 g/mol. The monoisotopic (exact) mass is 321 g/mol. The fourth-order valence-corrected chi connectivity index (χ4v) is 2.02. The Balaban J connectivity index is 1.90. The molecule has 0 spiro atoms. The molecule has 6 nitrogen and oxygen atoms in total. The average Bonchev–Trinajstić information content (AvgIpc) is 3.16. The molecule has 1 fully saturated rings. The van der Waals surface area contributed by atoms with Crippen molar-refractivity contribution in [2.45, 2.75) is 18.9 Å². The number of nitrogens with one attached hydrogen (secondary N) is 1. The van der Waals surface area contributed by atoms with Crippen LogP contribution in [0, 0.1) is 0 Å². The number of rotatable bonds is 4. The summed E-state index contributed by atoms with van der Waals surface area (Å²) in [4.78, 5) is 11.4. The highest BCUT2D eigenvalue weighted by Crippen LogP contribution is 2.36. The van der Waals surface area contributed by atoms with Crippen molar-refractivity contribution in [1.82, 2.24) is 20.2 Å². The van der Waals surface area contributed by atoms with Crippen LogP contribution in [0.1, 0.15) is 18.9 Å². The van der Waals surface area contributed by atoms with Gasteiger partial charge < -0.3 is 5.32 Å². The molecule has 1 aromatic carbocycles. The molecule has 7 heteroatoms. The number of carbonyl (C=O) groups is 1. The van der Waals surface area contributed by atoms with Gasteiger partial charge in [-0.15, -0.1) is 5.10 Å². The molecule has 0 radical (unpaired) electrons. The smallest absolute Gasteiger partial charge is 0.235 e. The third-order valence-electron chi connectivity index (χ3n) is 2.91. The minimum Gasteiger partial charge on any atom is -0.325 e. The molecule has 1 N–H and O–H groups in total. The molecular formula is C12H12BrN5O. The van der Waals surface area contributed by atoms with Crippen LogP contribution in [0.4, 0.5) is 5.69 Å². The minimum atomic E-state index is -0.0843. The Morgan fingerprint density at radius 2 is 2.32 bits per heavy atom. The number of anilines is 1. The second-order valence-electron chi connectivity index (χ2n) is 4.44. The van der Waals surface area contributed by atoms with E-state index in [0.717, 1.165) is 29.9 Å². The van der Waals surface area contributed by atoms with E-state index in [1.165, 1.54) is 0 Å². The molecule has 1 amide bonds. The topological polar surface area (TPSA) is 72.7 Å². The van der Waals surface area contributed by atoms with Gasteiger partial charge >= 0.3 is 0 Å². The molecule has 3 rings (SSSR count). The Morgan fingerprint density at radius 3 is 3.05 bits per heavy atom. The van der Waals surface area contributed by atoms with Crippen LogP contribution in [0.25, 0.3) is 11.4 Å². The molecule has 2 aromatic rings. The van der Waals surface area contributed by atoms with E-state index in [1.807, 2.05) is 28.9 Å². The predicted molar refractivity (Wildman–Crippen MR) is 73.9 cm³/mol. The van der Waals surface area contributed by atoms with E-state index >= 15 is 0 Å². The maximum atomic E-state index is 11.4. The Kier molecular flexibility index (Phi) is 3.29. The molecule has 98 valence electrons. The Morgan fingerprint density at radius 1 is 1.47 bits per heavy atom. The summed E-state index contributed by atoms with van der Waals surface area (Å²) in [5.41, 5.74) is 1.65. The van der Waals surface area contributed by atoms with E-state index in [4.69, 9.17) is 0 Å². The van der Waals surface area contributed by atoms with Gasteiger partial charge in [0.1, 0.15) is 0 Å². The normalized spacial score (nSPS) is 14.4. The third-order valence-corrected chi connectivity index (χ3v) is 3.42. The highest BCUT2D eigenvalue weighted by molar-refractivity contribution is 9.09. The van der Waals surface area contributed by atoms with E-state index in [9.17, 15) is 4.79 Å². The van der Waals surface area contributed by atoms with Crippen LogP contribution in [-0.4, -0.2) is 31.4 Å². The summed E-state index contributed by atoms with van der Waals surface area (Å²) in [6.45, 7) is 0. The lowest BCUT2D eigenvalue weighted by atomic mass is 10.2. The molecule has 0 bridgehead atoms. The summed E-state index contributed by atoms with van der Waals surface area (Å²) in [5, 5.41) is 14.9. The number of amides is 1. The van der Waals surface area contributed by atoms with Gasteiger partial charge in [-0.2, -0.15) is 0 Å². The molecule has 1 aliphatic rings. The maximum absolute atomic E-state index is 11.4. The first-order valence-electron chi connectivity index (χ1n) is 6.02. The van der Waals surface area contributed by atoms with Gasteiger partial charge in [0, 0.05) is 11.3 Å². The van der Waals surface area contributed by atoms with Crippen molar-refractivity contribution in [3.63, 3.8) is 0 Å². The number of hydrogen-bond acceptors (Lipinski definition) is 4. The minimum absolute atomic E-state index is 0.0843. The second-order valence-corrected chi connectivity index (χ2v) is 5.00. The van der Waals surface area contributed by atoms with Crippen LogP contribution >= 0.6 is 15.9 Å². The lowest BCUT2D eigenvalue weighted by Gasteiger charge is -2.06. The number of carbonyl (C=O) groups excluding carboxylic acids is 1. The van der Waals surface area contributed by atoms with Crippen LogP contribution in [0.3, 0.4) is 0 Å². The molecule has 0 unspecified atom stereocenters. The van der Waals surface area contributed by atoms with E-state index in [-0.39, 0.29) is 11.2 Å². The molecule has 0 atom stereocenters. The summed E-state index contributed by atoms with van der Waals surface area (Å²) in [5.74, 6) is 0.663. The van der Waals surface area contributed by atoms with Crippen molar-refractivity contribution < 1.29 is 4.79 Å². The van der Waals surface area contributed by atoms with Gasteiger partial charge in [0.2, 0.25) is 5.91 Å². The zero-order valence-electron chi connectivity index (χ0n) is 10.1. The van der Waals surface area contributed by atoms with Crippen LogP contribution in [0.15, 0.2) is 24.3 Å². The van der Waals surface area contributed by atoms with Crippen molar-refractivity contribution in [3.8, 4) is 11.4 Å². The van der Waals surface area contributed by atoms with E-state index in [1.54, 1.807) is 0 Å². The number of aromatic nitrogens is 4. The standard InChI is InChI=1S/C12H12BrN5O/c13-7-11(19)14-9-3-1-2-8(6-9)12-15-16-17-18(12)10-4-5-10/h1-3,6,10H,4-5,7H2,(H,14,19). The third kappa shape index (κ3) is 2.65. The van der Waals surface area contributed by atoms with Crippen LogP contribution < -0.4 is 5.32 Å². The number of halogens is 1. The second kappa shape index (κ2) is 5.08.